The first kappa shape index (κ1) is 24.2. The molecule has 8 nitrogen and oxygen atoms in total. The number of amides is 2. The fourth-order valence-electron chi connectivity index (χ4n) is 3.68. The van der Waals surface area contributed by atoms with Crippen LogP contribution in [0.4, 0.5) is 16.2 Å². The van der Waals surface area contributed by atoms with Gasteiger partial charge in [0.05, 0.1) is 23.9 Å². The third-order valence-electron chi connectivity index (χ3n) is 5.11. The van der Waals surface area contributed by atoms with E-state index in [9.17, 15) is 14.4 Å². The van der Waals surface area contributed by atoms with Gasteiger partial charge in [-0.2, -0.15) is 0 Å². The van der Waals surface area contributed by atoms with E-state index in [0.717, 1.165) is 11.1 Å². The number of pyridine rings is 1. The van der Waals surface area contributed by atoms with E-state index in [2.05, 4.69) is 15.6 Å². The largest absolute Gasteiger partial charge is 0.465 e. The molecule has 176 valence electrons. The molecule has 0 aliphatic carbocycles. The number of carbonyl (C=O) groups is 3. The van der Waals surface area contributed by atoms with Gasteiger partial charge in [0.2, 0.25) is 5.91 Å². The Labute approximate surface area is 194 Å². The normalized spacial score (nSPS) is 16.4. The fourth-order valence-corrected chi connectivity index (χ4v) is 3.68. The minimum Gasteiger partial charge on any atom is -0.465 e. The molecule has 0 saturated carbocycles. The number of anilines is 2. The molecule has 3 rings (SSSR count). The molecule has 2 amide bonds. The van der Waals surface area contributed by atoms with Crippen molar-refractivity contribution in [2.24, 2.45) is 0 Å². The maximum Gasteiger partial charge on any atom is 0.412 e. The van der Waals surface area contributed by atoms with Gasteiger partial charge in [-0.1, -0.05) is 12.5 Å². The lowest BCUT2D eigenvalue weighted by atomic mass is 9.94. The van der Waals surface area contributed by atoms with Crippen molar-refractivity contribution in [3.8, 4) is 11.1 Å². The predicted molar refractivity (Wildman–Crippen MR) is 126 cm³/mol. The van der Waals surface area contributed by atoms with Gasteiger partial charge in [0.15, 0.2) is 0 Å². The van der Waals surface area contributed by atoms with Crippen molar-refractivity contribution in [1.29, 1.82) is 0 Å². The smallest absolute Gasteiger partial charge is 0.412 e. The third-order valence-corrected chi connectivity index (χ3v) is 5.11. The number of hydrogen-bond acceptors (Lipinski definition) is 6. The van der Waals surface area contributed by atoms with Crippen LogP contribution in [0.2, 0.25) is 0 Å². The van der Waals surface area contributed by atoms with Crippen molar-refractivity contribution in [3.63, 3.8) is 0 Å². The van der Waals surface area contributed by atoms with Crippen LogP contribution in [0.1, 0.15) is 65.0 Å². The SMILES string of the molecule is CCOC(=O)C1CCCCC(=O)Nc2cc(NC(=O)OC(C)(C)C)ccc2-c2ccnc1c2. The summed E-state index contributed by atoms with van der Waals surface area (Å²) >= 11 is 0. The Morgan fingerprint density at radius 2 is 1.97 bits per heavy atom. The summed E-state index contributed by atoms with van der Waals surface area (Å²) in [4.78, 5) is 41.8. The van der Waals surface area contributed by atoms with Gasteiger partial charge >= 0.3 is 12.1 Å². The number of fused-ring (bicyclic) bond motifs is 4. The predicted octanol–water partition coefficient (Wildman–Crippen LogP) is 5.25. The molecule has 0 saturated heterocycles. The summed E-state index contributed by atoms with van der Waals surface area (Å²) in [6, 6.07) is 8.93. The van der Waals surface area contributed by atoms with Crippen molar-refractivity contribution in [1.82, 2.24) is 4.98 Å². The Hall–Kier alpha value is -3.42. The molecule has 2 N–H and O–H groups in total. The molecule has 2 aromatic rings. The molecule has 1 aliphatic heterocycles. The highest BCUT2D eigenvalue weighted by molar-refractivity contribution is 5.97. The van der Waals surface area contributed by atoms with Gasteiger partial charge in [-0.3, -0.25) is 19.9 Å². The quantitative estimate of drug-likeness (QED) is 0.615. The molecule has 1 aliphatic rings. The summed E-state index contributed by atoms with van der Waals surface area (Å²) in [7, 11) is 0. The zero-order valence-electron chi connectivity index (χ0n) is 19.6. The van der Waals surface area contributed by atoms with E-state index in [0.29, 0.717) is 49.4 Å². The van der Waals surface area contributed by atoms with Gasteiger partial charge in [-0.05, 0) is 70.4 Å². The van der Waals surface area contributed by atoms with Crippen LogP contribution in [0.5, 0.6) is 0 Å². The standard InChI is InChI=1S/C25H31N3O5/c1-5-32-23(30)19-8-6-7-9-22(29)28-21-15-17(27-24(31)33-25(2,3)4)10-11-18(21)16-12-13-26-20(19)14-16/h10-15,19H,5-9H2,1-4H3,(H,27,31)(H,28,29). The van der Waals surface area contributed by atoms with Gasteiger partial charge in [0.1, 0.15) is 5.60 Å². The lowest BCUT2D eigenvalue weighted by molar-refractivity contribution is -0.145. The summed E-state index contributed by atoms with van der Waals surface area (Å²) in [5.41, 5.74) is 2.62. The van der Waals surface area contributed by atoms with Crippen LogP contribution < -0.4 is 10.6 Å². The van der Waals surface area contributed by atoms with Crippen molar-refractivity contribution in [2.75, 3.05) is 17.2 Å². The number of benzene rings is 1. The number of esters is 1. The molecule has 33 heavy (non-hydrogen) atoms. The number of nitrogens with zero attached hydrogens (tertiary/aromatic N) is 1. The zero-order chi connectivity index (χ0) is 24.0. The molecule has 2 bridgehead atoms. The monoisotopic (exact) mass is 453 g/mol. The van der Waals surface area contributed by atoms with Crippen molar-refractivity contribution < 1.29 is 23.9 Å². The molecule has 1 unspecified atom stereocenters. The first-order valence-electron chi connectivity index (χ1n) is 11.2. The summed E-state index contributed by atoms with van der Waals surface area (Å²) in [5, 5.41) is 5.67. The van der Waals surface area contributed by atoms with Crippen LogP contribution in [0.15, 0.2) is 36.5 Å². The molecule has 0 spiro atoms. The number of hydrogen-bond donors (Lipinski definition) is 2. The second-order valence-electron chi connectivity index (χ2n) is 8.96. The minimum atomic E-state index is -0.627. The molecular weight excluding hydrogens is 422 g/mol. The summed E-state index contributed by atoms with van der Waals surface area (Å²) in [5.74, 6) is -0.919. The number of nitrogens with one attached hydrogen (secondary N) is 2. The number of rotatable bonds is 3. The van der Waals surface area contributed by atoms with Crippen LogP contribution >= 0.6 is 0 Å². The fraction of sp³-hybridized carbons (Fsp3) is 0.440. The average Bonchev–Trinajstić information content (AvgIpc) is 2.72. The highest BCUT2D eigenvalue weighted by Gasteiger charge is 2.25. The lowest BCUT2D eigenvalue weighted by Crippen LogP contribution is -2.27. The zero-order valence-corrected chi connectivity index (χ0v) is 19.6. The molecule has 1 aromatic heterocycles. The van der Waals surface area contributed by atoms with E-state index < -0.39 is 17.6 Å². The van der Waals surface area contributed by atoms with Crippen LogP contribution in [-0.4, -0.2) is 35.2 Å². The molecule has 0 radical (unpaired) electrons. The maximum atomic E-state index is 12.6. The van der Waals surface area contributed by atoms with Gasteiger partial charge in [0, 0.05) is 23.9 Å². The van der Waals surface area contributed by atoms with E-state index in [1.54, 1.807) is 46.0 Å². The van der Waals surface area contributed by atoms with Crippen LogP contribution in [0.3, 0.4) is 0 Å². The summed E-state index contributed by atoms with van der Waals surface area (Å²) < 4.78 is 10.6. The van der Waals surface area contributed by atoms with Gasteiger partial charge in [0.25, 0.3) is 0 Å². The summed E-state index contributed by atoms with van der Waals surface area (Å²) in [6.07, 6.45) is 3.28. The highest BCUT2D eigenvalue weighted by atomic mass is 16.6. The Kier molecular flexibility index (Phi) is 7.68. The van der Waals surface area contributed by atoms with Crippen LogP contribution in [0.25, 0.3) is 11.1 Å². The first-order valence-corrected chi connectivity index (χ1v) is 11.2. The van der Waals surface area contributed by atoms with Crippen molar-refractivity contribution in [3.05, 3.63) is 42.2 Å². The second-order valence-corrected chi connectivity index (χ2v) is 8.96. The molecular formula is C25H31N3O5. The Bertz CT molecular complexity index is 1030. The van der Waals surface area contributed by atoms with Gasteiger partial charge in [-0.15, -0.1) is 0 Å². The first-order chi connectivity index (χ1) is 15.7. The second kappa shape index (κ2) is 10.5. The minimum absolute atomic E-state index is 0.131. The lowest BCUT2D eigenvalue weighted by Gasteiger charge is -2.21. The van der Waals surface area contributed by atoms with Crippen LogP contribution in [0, 0.1) is 0 Å². The third kappa shape index (κ3) is 6.78. The van der Waals surface area contributed by atoms with Crippen molar-refractivity contribution in [2.45, 2.75) is 64.9 Å². The number of aromatic nitrogens is 1. The van der Waals surface area contributed by atoms with Crippen molar-refractivity contribution >= 4 is 29.3 Å². The maximum absolute atomic E-state index is 12.6. The Morgan fingerprint density at radius 3 is 2.70 bits per heavy atom. The average molecular weight is 454 g/mol. The topological polar surface area (TPSA) is 107 Å². The van der Waals surface area contributed by atoms with E-state index >= 15 is 0 Å². The molecule has 2 heterocycles. The van der Waals surface area contributed by atoms with Gasteiger partial charge < -0.3 is 14.8 Å². The number of carbonyl (C=O) groups excluding carboxylic acids is 3. The molecule has 8 heteroatoms. The summed E-state index contributed by atoms with van der Waals surface area (Å²) in [6.45, 7) is 7.44. The van der Waals surface area contributed by atoms with Crippen LogP contribution in [-0.2, 0) is 19.1 Å². The Morgan fingerprint density at radius 1 is 1.18 bits per heavy atom. The Balaban J connectivity index is 1.99. The molecule has 0 fully saturated rings. The van der Waals surface area contributed by atoms with E-state index in [1.165, 1.54) is 0 Å². The molecule has 1 atom stereocenters. The molecule has 1 aromatic carbocycles. The van der Waals surface area contributed by atoms with E-state index in [-0.39, 0.29) is 11.9 Å². The van der Waals surface area contributed by atoms with Gasteiger partial charge in [-0.25, -0.2) is 4.79 Å². The highest BCUT2D eigenvalue weighted by Crippen LogP contribution is 2.34. The van der Waals surface area contributed by atoms with E-state index in [1.807, 2.05) is 18.2 Å². The number of ether oxygens (including phenoxy) is 2. The van der Waals surface area contributed by atoms with E-state index in [4.69, 9.17) is 9.47 Å².